The molecule has 1 aliphatic rings. The fourth-order valence-corrected chi connectivity index (χ4v) is 4.25. The van der Waals surface area contributed by atoms with Gasteiger partial charge in [0.25, 0.3) is 5.91 Å². The Hall–Kier alpha value is -2.45. The molecule has 0 atom stereocenters. The van der Waals surface area contributed by atoms with Crippen LogP contribution in [-0.4, -0.2) is 46.6 Å². The summed E-state index contributed by atoms with van der Waals surface area (Å²) in [5, 5.41) is 4.03. The molecule has 9 heteroatoms. The molecular weight excluding hydrogens is 453 g/mol. The zero-order valence-corrected chi connectivity index (χ0v) is 19.2. The first-order valence-electron chi connectivity index (χ1n) is 9.53. The zero-order valence-electron chi connectivity index (χ0n) is 16.9. The number of para-hydroxylation sites is 1. The van der Waals surface area contributed by atoms with Crippen molar-refractivity contribution in [1.29, 1.82) is 0 Å². The van der Waals surface area contributed by atoms with Gasteiger partial charge in [-0.15, -0.1) is 0 Å². The number of rotatable bonds is 5. The molecular formula is C22H19Cl2N5OS. The molecule has 0 spiro atoms. The molecule has 1 saturated heterocycles. The van der Waals surface area contributed by atoms with Gasteiger partial charge in [0.15, 0.2) is 5.17 Å². The van der Waals surface area contributed by atoms with Crippen LogP contribution in [-0.2, 0) is 11.2 Å². The van der Waals surface area contributed by atoms with E-state index in [2.05, 4.69) is 20.2 Å². The van der Waals surface area contributed by atoms with Gasteiger partial charge in [0.05, 0.1) is 31.7 Å². The summed E-state index contributed by atoms with van der Waals surface area (Å²) in [6.45, 7) is 0.901. The number of nitrogens with one attached hydrogen (secondary N) is 1. The van der Waals surface area contributed by atoms with E-state index in [0.717, 1.165) is 35.3 Å². The van der Waals surface area contributed by atoms with Crippen LogP contribution >= 0.6 is 35.0 Å². The van der Waals surface area contributed by atoms with E-state index in [0.29, 0.717) is 25.8 Å². The third-order valence-electron chi connectivity index (χ3n) is 4.53. The van der Waals surface area contributed by atoms with Gasteiger partial charge >= 0.3 is 0 Å². The van der Waals surface area contributed by atoms with Crippen molar-refractivity contribution in [3.63, 3.8) is 0 Å². The summed E-state index contributed by atoms with van der Waals surface area (Å²) in [5.41, 5.74) is 3.84. The van der Waals surface area contributed by atoms with E-state index in [-0.39, 0.29) is 5.91 Å². The van der Waals surface area contributed by atoms with Crippen LogP contribution in [0.2, 0.25) is 10.0 Å². The standard InChI is InChI=1S/C22H19Cl2N5OS/c1-29(2)9-8-14-12-25-17-7-6-13(10-18(17)26-14)11-19-21(30)28-22(31-19)27-20-15(23)4-3-5-16(20)24/h3-7,10-12H,8-9H2,1-2H3,(H,27,28,30)/b19-11+. The summed E-state index contributed by atoms with van der Waals surface area (Å²) in [4.78, 5) is 28.7. The minimum atomic E-state index is -0.224. The Morgan fingerprint density at radius 3 is 2.68 bits per heavy atom. The van der Waals surface area contributed by atoms with Crippen molar-refractivity contribution < 1.29 is 4.79 Å². The Balaban J connectivity index is 1.59. The molecule has 2 heterocycles. The molecule has 0 unspecified atom stereocenters. The van der Waals surface area contributed by atoms with Crippen molar-refractivity contribution in [2.75, 3.05) is 20.6 Å². The van der Waals surface area contributed by atoms with E-state index in [4.69, 9.17) is 28.2 Å². The van der Waals surface area contributed by atoms with Gasteiger partial charge in [0.2, 0.25) is 0 Å². The van der Waals surface area contributed by atoms with Crippen molar-refractivity contribution in [1.82, 2.24) is 20.2 Å². The molecule has 1 N–H and O–H groups in total. The number of hydrogen-bond acceptors (Lipinski definition) is 6. The number of aromatic nitrogens is 2. The molecule has 0 saturated carbocycles. The molecule has 158 valence electrons. The van der Waals surface area contributed by atoms with Crippen LogP contribution in [0.3, 0.4) is 0 Å². The number of aliphatic imine (C=N–C) groups is 1. The van der Waals surface area contributed by atoms with Gasteiger partial charge in [-0.1, -0.05) is 35.3 Å². The second kappa shape index (κ2) is 9.36. The van der Waals surface area contributed by atoms with Gasteiger partial charge in [-0.2, -0.15) is 0 Å². The van der Waals surface area contributed by atoms with Gasteiger partial charge in [0, 0.05) is 19.2 Å². The first-order chi connectivity index (χ1) is 14.9. The van der Waals surface area contributed by atoms with Crippen LogP contribution in [0.25, 0.3) is 17.1 Å². The third-order valence-corrected chi connectivity index (χ3v) is 6.05. The number of likely N-dealkylation sites (N-methyl/N-ethyl adjacent to an activating group) is 1. The van der Waals surface area contributed by atoms with Gasteiger partial charge in [-0.25, -0.2) is 9.98 Å². The lowest BCUT2D eigenvalue weighted by atomic mass is 10.1. The van der Waals surface area contributed by atoms with E-state index in [1.54, 1.807) is 18.2 Å². The fraction of sp³-hybridized carbons (Fsp3) is 0.182. The number of benzene rings is 2. The Labute approximate surface area is 194 Å². The number of thioether (sulfide) groups is 1. The van der Waals surface area contributed by atoms with Crippen molar-refractivity contribution in [2.24, 2.45) is 4.99 Å². The summed E-state index contributed by atoms with van der Waals surface area (Å²) in [6, 6.07) is 10.9. The highest BCUT2D eigenvalue weighted by Crippen LogP contribution is 2.35. The van der Waals surface area contributed by atoms with E-state index >= 15 is 0 Å². The molecule has 6 nitrogen and oxygen atoms in total. The Morgan fingerprint density at radius 2 is 1.94 bits per heavy atom. The normalized spacial score (nSPS) is 16.6. The molecule has 0 bridgehead atoms. The molecule has 3 aromatic rings. The minimum absolute atomic E-state index is 0.224. The van der Waals surface area contributed by atoms with E-state index in [1.165, 1.54) is 11.8 Å². The van der Waals surface area contributed by atoms with Crippen molar-refractivity contribution in [3.8, 4) is 0 Å². The van der Waals surface area contributed by atoms with Gasteiger partial charge in [0.1, 0.15) is 5.69 Å². The number of hydrogen-bond donors (Lipinski definition) is 1. The maximum absolute atomic E-state index is 12.4. The van der Waals surface area contributed by atoms with E-state index in [1.807, 2.05) is 44.6 Å². The highest BCUT2D eigenvalue weighted by atomic mass is 35.5. The summed E-state index contributed by atoms with van der Waals surface area (Å²) in [5.74, 6) is -0.224. The fourth-order valence-electron chi connectivity index (χ4n) is 2.94. The third kappa shape index (κ3) is 5.25. The lowest BCUT2D eigenvalue weighted by molar-refractivity contribution is -0.115. The highest BCUT2D eigenvalue weighted by Gasteiger charge is 2.24. The van der Waals surface area contributed by atoms with Gasteiger partial charge in [-0.05, 0) is 61.8 Å². The molecule has 1 amide bonds. The van der Waals surface area contributed by atoms with Crippen LogP contribution in [0.4, 0.5) is 5.69 Å². The second-order valence-electron chi connectivity index (χ2n) is 7.21. The molecule has 1 aliphatic heterocycles. The lowest BCUT2D eigenvalue weighted by Gasteiger charge is -2.09. The highest BCUT2D eigenvalue weighted by molar-refractivity contribution is 8.18. The van der Waals surface area contributed by atoms with Crippen LogP contribution in [0.15, 0.2) is 52.5 Å². The average molecular weight is 472 g/mol. The van der Waals surface area contributed by atoms with Crippen molar-refractivity contribution >= 4 is 68.8 Å². The van der Waals surface area contributed by atoms with Crippen LogP contribution in [0.5, 0.6) is 0 Å². The summed E-state index contributed by atoms with van der Waals surface area (Å²) >= 11 is 13.6. The van der Waals surface area contributed by atoms with Crippen molar-refractivity contribution in [3.05, 3.63) is 68.8 Å². The number of nitrogens with zero attached hydrogens (tertiary/aromatic N) is 4. The van der Waals surface area contributed by atoms with E-state index in [9.17, 15) is 4.79 Å². The first-order valence-corrected chi connectivity index (χ1v) is 11.1. The number of halogens is 2. The Bertz CT molecular complexity index is 1210. The lowest BCUT2D eigenvalue weighted by Crippen LogP contribution is -2.19. The molecule has 2 aromatic carbocycles. The maximum Gasteiger partial charge on any atom is 0.264 e. The van der Waals surface area contributed by atoms with Crippen molar-refractivity contribution in [2.45, 2.75) is 6.42 Å². The molecule has 0 aliphatic carbocycles. The predicted octanol–water partition coefficient (Wildman–Crippen LogP) is 4.93. The molecule has 1 aromatic heterocycles. The van der Waals surface area contributed by atoms with Crippen LogP contribution in [0.1, 0.15) is 11.3 Å². The van der Waals surface area contributed by atoms with Crippen LogP contribution in [0, 0.1) is 0 Å². The zero-order chi connectivity index (χ0) is 22.0. The summed E-state index contributed by atoms with van der Waals surface area (Å²) < 4.78 is 0. The maximum atomic E-state index is 12.4. The summed E-state index contributed by atoms with van der Waals surface area (Å²) in [7, 11) is 4.06. The topological polar surface area (TPSA) is 70.5 Å². The largest absolute Gasteiger partial charge is 0.309 e. The molecule has 0 radical (unpaired) electrons. The minimum Gasteiger partial charge on any atom is -0.309 e. The molecule has 4 rings (SSSR count). The van der Waals surface area contributed by atoms with Crippen LogP contribution < -0.4 is 5.32 Å². The Morgan fingerprint density at radius 1 is 1.16 bits per heavy atom. The quantitative estimate of drug-likeness (QED) is 0.533. The van der Waals surface area contributed by atoms with Gasteiger partial charge < -0.3 is 10.2 Å². The monoisotopic (exact) mass is 471 g/mol. The van der Waals surface area contributed by atoms with Gasteiger partial charge in [-0.3, -0.25) is 9.78 Å². The number of carbonyl (C=O) groups excluding carboxylic acids is 1. The Kier molecular flexibility index (Phi) is 6.57. The summed E-state index contributed by atoms with van der Waals surface area (Å²) in [6.07, 6.45) is 4.45. The number of carbonyl (C=O) groups is 1. The average Bonchev–Trinajstić information content (AvgIpc) is 3.08. The second-order valence-corrected chi connectivity index (χ2v) is 9.06. The smallest absolute Gasteiger partial charge is 0.264 e. The molecule has 31 heavy (non-hydrogen) atoms. The number of fused-ring (bicyclic) bond motifs is 1. The van der Waals surface area contributed by atoms with E-state index < -0.39 is 0 Å². The SMILES string of the molecule is CN(C)CCc1cnc2ccc(/C=C3/SC(=Nc4c(Cl)cccc4Cl)NC3=O)cc2n1. The number of amidine groups is 1. The first kappa shape index (κ1) is 21.8. The number of amides is 1. The molecule has 1 fully saturated rings. The predicted molar refractivity (Wildman–Crippen MR) is 129 cm³/mol.